The van der Waals surface area contributed by atoms with E-state index in [1.54, 1.807) is 6.92 Å². The number of hydrogen-bond donors (Lipinski definition) is 0. The predicted molar refractivity (Wildman–Crippen MR) is 30.6 cm³/mol. The Morgan fingerprint density at radius 3 is 2.57 bits per heavy atom. The molecule has 0 saturated heterocycles. The van der Waals surface area contributed by atoms with E-state index >= 15 is 0 Å². The van der Waals surface area contributed by atoms with Gasteiger partial charge in [-0.05, 0) is 6.92 Å². The van der Waals surface area contributed by atoms with Gasteiger partial charge in [-0.15, -0.1) is 4.51 Å². The molecule has 0 atom stereocenters. The van der Waals surface area contributed by atoms with Crippen LogP contribution >= 0.6 is 11.8 Å². The molecule has 0 aliphatic rings. The minimum Gasteiger partial charge on any atom is -0.481 e. The van der Waals surface area contributed by atoms with Crippen LogP contribution in [0.5, 0.6) is 0 Å². The first-order valence-corrected chi connectivity index (χ1v) is 2.43. The monoisotopic (exact) mass is 121 g/mol. The van der Waals surface area contributed by atoms with E-state index < -0.39 is 0 Å². The molecule has 0 aromatic carbocycles. The molecule has 0 rings (SSSR count). The molecule has 0 radical (unpaired) electrons. The van der Waals surface area contributed by atoms with E-state index in [0.717, 1.165) is 0 Å². The Morgan fingerprint density at radius 2 is 2.43 bits per heavy atom. The minimum absolute atomic E-state index is 0.518. The summed E-state index contributed by atoms with van der Waals surface area (Å²) in [5.74, 6) is 0.518. The van der Waals surface area contributed by atoms with Crippen LogP contribution in [0.25, 0.3) is 0 Å². The maximum absolute atomic E-state index is 4.99. The third-order valence-corrected chi connectivity index (χ3v) is 0.710. The van der Waals surface area contributed by atoms with E-state index in [4.69, 9.17) is 16.5 Å². The van der Waals surface area contributed by atoms with Crippen molar-refractivity contribution in [1.29, 1.82) is 0 Å². The number of hydrogen-bond acceptors (Lipinski definition) is 2. The van der Waals surface area contributed by atoms with E-state index in [1.807, 2.05) is 6.92 Å². The van der Waals surface area contributed by atoms with Crippen LogP contribution in [0.1, 0.15) is 13.8 Å². The Hall–Kier alpha value is -0.240. The zero-order valence-corrected chi connectivity index (χ0v) is 5.20. The molecule has 0 heterocycles. The zero-order valence-electron chi connectivity index (χ0n) is 4.44. The maximum atomic E-state index is 4.99. The molecule has 0 spiro atoms. The standard InChI is InChI=1S/C4H8ClNO/c1-3-7-4(2)6-5/h3H2,1-2H3/b6-4+. The van der Waals surface area contributed by atoms with Crippen LogP contribution < -0.4 is 0 Å². The van der Waals surface area contributed by atoms with Crippen LogP contribution in [0.4, 0.5) is 0 Å². The van der Waals surface area contributed by atoms with Gasteiger partial charge in [0.05, 0.1) is 6.61 Å². The molecule has 0 unspecified atom stereocenters. The Kier molecular flexibility index (Phi) is 3.80. The lowest BCUT2D eigenvalue weighted by atomic mass is 10.7. The summed E-state index contributed by atoms with van der Waals surface area (Å²) in [5, 5.41) is 0. The van der Waals surface area contributed by atoms with Crippen molar-refractivity contribution in [1.82, 2.24) is 0 Å². The predicted octanol–water partition coefficient (Wildman–Crippen LogP) is 1.60. The molecule has 7 heavy (non-hydrogen) atoms. The molecule has 0 aliphatic carbocycles. The van der Waals surface area contributed by atoms with Crippen molar-refractivity contribution in [3.63, 3.8) is 0 Å². The summed E-state index contributed by atoms with van der Waals surface area (Å²) in [6, 6.07) is 0. The van der Waals surface area contributed by atoms with Gasteiger partial charge in [0.25, 0.3) is 0 Å². The summed E-state index contributed by atoms with van der Waals surface area (Å²) < 4.78 is 8.05. The minimum atomic E-state index is 0.518. The van der Waals surface area contributed by atoms with Gasteiger partial charge in [0.2, 0.25) is 0 Å². The van der Waals surface area contributed by atoms with Gasteiger partial charge in [-0.3, -0.25) is 0 Å². The average molecular weight is 122 g/mol. The van der Waals surface area contributed by atoms with Gasteiger partial charge in [0, 0.05) is 18.7 Å². The first-order valence-electron chi connectivity index (χ1n) is 2.09. The van der Waals surface area contributed by atoms with E-state index in [2.05, 4.69) is 4.51 Å². The molecule has 3 heteroatoms. The van der Waals surface area contributed by atoms with Crippen LogP contribution in [0.2, 0.25) is 0 Å². The molecule has 0 amide bonds. The quantitative estimate of drug-likeness (QED) is 0.382. The fraction of sp³-hybridized carbons (Fsp3) is 0.750. The second kappa shape index (κ2) is 3.93. The van der Waals surface area contributed by atoms with E-state index in [1.165, 1.54) is 0 Å². The largest absolute Gasteiger partial charge is 0.481 e. The molecule has 0 aliphatic heterocycles. The number of nitrogens with zero attached hydrogens (tertiary/aromatic N) is 1. The SMILES string of the molecule is CCO/C(C)=N/Cl. The lowest BCUT2D eigenvalue weighted by Gasteiger charge is -1.94. The lowest BCUT2D eigenvalue weighted by molar-refractivity contribution is 0.325. The third kappa shape index (κ3) is 3.59. The fourth-order valence-electron chi connectivity index (χ4n) is 0.233. The Balaban J connectivity index is 3.17. The molecule has 0 aromatic heterocycles. The molecule has 0 bridgehead atoms. The van der Waals surface area contributed by atoms with Crippen LogP contribution in [0.3, 0.4) is 0 Å². The highest BCUT2D eigenvalue weighted by atomic mass is 35.5. The Bertz CT molecular complexity index is 72.1. The first kappa shape index (κ1) is 6.76. The lowest BCUT2D eigenvalue weighted by Crippen LogP contribution is -1.95. The summed E-state index contributed by atoms with van der Waals surface area (Å²) in [6.07, 6.45) is 0. The van der Waals surface area contributed by atoms with E-state index in [-0.39, 0.29) is 0 Å². The van der Waals surface area contributed by atoms with Crippen LogP contribution in [0, 0.1) is 0 Å². The fourth-order valence-corrected chi connectivity index (χ4v) is 0.282. The summed E-state index contributed by atoms with van der Waals surface area (Å²) in [5.41, 5.74) is 0. The van der Waals surface area contributed by atoms with Crippen LogP contribution in [-0.2, 0) is 4.74 Å². The molecule has 0 N–H and O–H groups in total. The highest BCUT2D eigenvalue weighted by Gasteiger charge is 1.81. The van der Waals surface area contributed by atoms with Crippen molar-refractivity contribution in [2.24, 2.45) is 4.51 Å². The van der Waals surface area contributed by atoms with Crippen LogP contribution in [-0.4, -0.2) is 12.5 Å². The maximum Gasteiger partial charge on any atom is 0.197 e. The van der Waals surface area contributed by atoms with Crippen molar-refractivity contribution < 1.29 is 4.74 Å². The molecule has 0 fully saturated rings. The topological polar surface area (TPSA) is 21.6 Å². The number of halogens is 1. The molecular weight excluding hydrogens is 114 g/mol. The Labute approximate surface area is 48.3 Å². The van der Waals surface area contributed by atoms with Gasteiger partial charge in [0.15, 0.2) is 5.90 Å². The van der Waals surface area contributed by atoms with E-state index in [0.29, 0.717) is 12.5 Å². The van der Waals surface area contributed by atoms with Gasteiger partial charge in [-0.2, -0.15) is 0 Å². The van der Waals surface area contributed by atoms with Gasteiger partial charge in [0.1, 0.15) is 0 Å². The molecule has 0 aromatic rings. The van der Waals surface area contributed by atoms with Gasteiger partial charge >= 0.3 is 0 Å². The van der Waals surface area contributed by atoms with Crippen molar-refractivity contribution in [2.45, 2.75) is 13.8 Å². The van der Waals surface area contributed by atoms with Crippen molar-refractivity contribution in [3.05, 3.63) is 0 Å². The van der Waals surface area contributed by atoms with Gasteiger partial charge < -0.3 is 4.74 Å². The summed E-state index contributed by atoms with van der Waals surface area (Å²) in [7, 11) is 0. The van der Waals surface area contributed by atoms with Crippen LogP contribution in [0.15, 0.2) is 4.51 Å². The highest BCUT2D eigenvalue weighted by Crippen LogP contribution is 1.82. The van der Waals surface area contributed by atoms with Gasteiger partial charge in [-0.1, -0.05) is 0 Å². The smallest absolute Gasteiger partial charge is 0.197 e. The van der Waals surface area contributed by atoms with Crippen molar-refractivity contribution in [2.75, 3.05) is 6.61 Å². The van der Waals surface area contributed by atoms with Crippen molar-refractivity contribution in [3.8, 4) is 0 Å². The zero-order chi connectivity index (χ0) is 5.70. The normalized spacial score (nSPS) is 11.6. The molecule has 0 saturated carbocycles. The van der Waals surface area contributed by atoms with Crippen molar-refractivity contribution >= 4 is 17.7 Å². The van der Waals surface area contributed by atoms with Gasteiger partial charge in [-0.25, -0.2) is 0 Å². The average Bonchev–Trinajstić information content (AvgIpc) is 1.68. The second-order valence-corrected chi connectivity index (χ2v) is 1.21. The Morgan fingerprint density at radius 1 is 1.86 bits per heavy atom. The molecule has 2 nitrogen and oxygen atoms in total. The number of rotatable bonds is 1. The highest BCUT2D eigenvalue weighted by molar-refractivity contribution is 6.18. The summed E-state index contributed by atoms with van der Waals surface area (Å²) in [4.78, 5) is 0. The first-order chi connectivity index (χ1) is 3.31. The third-order valence-electron chi connectivity index (χ3n) is 0.472. The summed E-state index contributed by atoms with van der Waals surface area (Å²) in [6.45, 7) is 4.21. The molecule has 42 valence electrons. The summed E-state index contributed by atoms with van der Waals surface area (Å²) >= 11 is 4.99. The molecular formula is C4H8ClNO. The second-order valence-electron chi connectivity index (χ2n) is 1.04. The number of ether oxygens (including phenoxy) is 1. The van der Waals surface area contributed by atoms with E-state index in [9.17, 15) is 0 Å².